The maximum atomic E-state index is 11.8. The molecule has 1 aromatic rings. The smallest absolute Gasteiger partial charge is 0.233 e. The van der Waals surface area contributed by atoms with Gasteiger partial charge in [0, 0.05) is 12.2 Å². The molecule has 0 spiro atoms. The first-order valence-corrected chi connectivity index (χ1v) is 7.16. The number of aryl methyl sites for hydroxylation is 2. The molecule has 0 atom stereocenters. The summed E-state index contributed by atoms with van der Waals surface area (Å²) in [6, 6.07) is 5.80. The lowest BCUT2D eigenvalue weighted by Crippen LogP contribution is -2.29. The summed E-state index contributed by atoms with van der Waals surface area (Å²) in [7, 11) is 0. The number of carbonyl (C=O) groups is 2. The van der Waals surface area contributed by atoms with Gasteiger partial charge in [-0.05, 0) is 31.9 Å². The largest absolute Gasteiger partial charge is 0.356 e. The van der Waals surface area contributed by atoms with Crippen LogP contribution in [0.2, 0.25) is 0 Å². The van der Waals surface area contributed by atoms with Gasteiger partial charge in [0.1, 0.15) is 6.42 Å². The Labute approximate surface area is 121 Å². The Balaban J connectivity index is 2.37. The highest BCUT2D eigenvalue weighted by Gasteiger charge is 2.10. The van der Waals surface area contributed by atoms with Gasteiger partial charge in [-0.3, -0.25) is 9.59 Å². The standard InChI is InChI=1S/C16H24N2O2/c1-4-5-6-9-17-15(19)11-16(20)18-14-8-7-12(2)10-13(14)3/h7-8,10H,4-6,9,11H2,1-3H3,(H,17,19)(H,18,20). The molecule has 1 aromatic carbocycles. The maximum Gasteiger partial charge on any atom is 0.233 e. The fraction of sp³-hybridized carbons (Fsp3) is 0.500. The van der Waals surface area contributed by atoms with Crippen LogP contribution in [0.5, 0.6) is 0 Å². The quantitative estimate of drug-likeness (QED) is 0.594. The summed E-state index contributed by atoms with van der Waals surface area (Å²) in [4.78, 5) is 23.4. The van der Waals surface area contributed by atoms with Crippen molar-refractivity contribution >= 4 is 17.5 Å². The molecular formula is C16H24N2O2. The summed E-state index contributed by atoms with van der Waals surface area (Å²) in [5.74, 6) is -0.492. The van der Waals surface area contributed by atoms with Crippen LogP contribution in [0.15, 0.2) is 18.2 Å². The van der Waals surface area contributed by atoms with E-state index in [4.69, 9.17) is 0 Å². The predicted octanol–water partition coefficient (Wildman–Crippen LogP) is 2.94. The van der Waals surface area contributed by atoms with Crippen LogP contribution < -0.4 is 10.6 Å². The van der Waals surface area contributed by atoms with Gasteiger partial charge in [-0.1, -0.05) is 37.5 Å². The third-order valence-corrected chi connectivity index (χ3v) is 3.08. The van der Waals surface area contributed by atoms with Crippen molar-refractivity contribution in [1.29, 1.82) is 0 Å². The Kier molecular flexibility index (Phi) is 6.77. The molecule has 4 heteroatoms. The minimum Gasteiger partial charge on any atom is -0.356 e. The van der Waals surface area contributed by atoms with Crippen molar-refractivity contribution in [2.45, 2.75) is 46.5 Å². The van der Waals surface area contributed by atoms with Crippen LogP contribution >= 0.6 is 0 Å². The van der Waals surface area contributed by atoms with Gasteiger partial charge in [0.25, 0.3) is 0 Å². The van der Waals surface area contributed by atoms with E-state index >= 15 is 0 Å². The van der Waals surface area contributed by atoms with E-state index in [0.29, 0.717) is 6.54 Å². The molecular weight excluding hydrogens is 252 g/mol. The normalized spacial score (nSPS) is 10.2. The van der Waals surface area contributed by atoms with Crippen LogP contribution in [0.4, 0.5) is 5.69 Å². The van der Waals surface area contributed by atoms with Gasteiger partial charge in [0.05, 0.1) is 0 Å². The Morgan fingerprint density at radius 1 is 1.10 bits per heavy atom. The summed E-state index contributed by atoms with van der Waals surface area (Å²) in [5, 5.41) is 5.53. The van der Waals surface area contributed by atoms with Crippen molar-refractivity contribution in [3.8, 4) is 0 Å². The number of rotatable bonds is 7. The van der Waals surface area contributed by atoms with Gasteiger partial charge in [0.2, 0.25) is 11.8 Å². The van der Waals surface area contributed by atoms with E-state index in [1.54, 1.807) is 0 Å². The predicted molar refractivity (Wildman–Crippen MR) is 81.7 cm³/mol. The Morgan fingerprint density at radius 2 is 1.85 bits per heavy atom. The zero-order valence-electron chi connectivity index (χ0n) is 12.6. The van der Waals surface area contributed by atoms with Crippen LogP contribution in [-0.2, 0) is 9.59 Å². The number of amides is 2. The first-order valence-electron chi connectivity index (χ1n) is 7.16. The maximum absolute atomic E-state index is 11.8. The molecule has 0 radical (unpaired) electrons. The van der Waals surface area contributed by atoms with Gasteiger partial charge in [-0.2, -0.15) is 0 Å². The van der Waals surface area contributed by atoms with Crippen molar-refractivity contribution in [3.63, 3.8) is 0 Å². The lowest BCUT2D eigenvalue weighted by atomic mass is 10.1. The molecule has 2 amide bonds. The third kappa shape index (κ3) is 5.87. The number of unbranched alkanes of at least 4 members (excludes halogenated alkanes) is 2. The topological polar surface area (TPSA) is 58.2 Å². The van der Waals surface area contributed by atoms with E-state index < -0.39 is 0 Å². The minimum absolute atomic E-state index is 0.126. The zero-order valence-corrected chi connectivity index (χ0v) is 12.6. The minimum atomic E-state index is -0.273. The molecule has 0 bridgehead atoms. The molecule has 0 aliphatic carbocycles. The average Bonchev–Trinajstić information content (AvgIpc) is 2.38. The van der Waals surface area contributed by atoms with Crippen LogP contribution in [0.25, 0.3) is 0 Å². The number of hydrogen-bond donors (Lipinski definition) is 2. The van der Waals surface area contributed by atoms with Gasteiger partial charge in [-0.25, -0.2) is 0 Å². The summed E-state index contributed by atoms with van der Waals surface area (Å²) < 4.78 is 0. The first-order chi connectivity index (χ1) is 9.52. The molecule has 110 valence electrons. The van der Waals surface area contributed by atoms with E-state index in [1.165, 1.54) is 0 Å². The Morgan fingerprint density at radius 3 is 2.50 bits per heavy atom. The van der Waals surface area contributed by atoms with E-state index in [0.717, 1.165) is 36.1 Å². The molecule has 0 aromatic heterocycles. The SMILES string of the molecule is CCCCCNC(=O)CC(=O)Nc1ccc(C)cc1C. The zero-order chi connectivity index (χ0) is 15.0. The molecule has 0 heterocycles. The Bertz CT molecular complexity index is 470. The van der Waals surface area contributed by atoms with Crippen molar-refractivity contribution < 1.29 is 9.59 Å². The van der Waals surface area contributed by atoms with Gasteiger partial charge < -0.3 is 10.6 Å². The average molecular weight is 276 g/mol. The first kappa shape index (κ1) is 16.2. The fourth-order valence-corrected chi connectivity index (χ4v) is 1.96. The van der Waals surface area contributed by atoms with Gasteiger partial charge >= 0.3 is 0 Å². The molecule has 0 aliphatic rings. The summed E-state index contributed by atoms with van der Waals surface area (Å²) in [6.45, 7) is 6.69. The molecule has 0 unspecified atom stereocenters. The lowest BCUT2D eigenvalue weighted by Gasteiger charge is -2.09. The van der Waals surface area contributed by atoms with Crippen molar-refractivity contribution in [2.75, 3.05) is 11.9 Å². The number of anilines is 1. The monoisotopic (exact) mass is 276 g/mol. The van der Waals surface area contributed by atoms with Crippen LogP contribution in [-0.4, -0.2) is 18.4 Å². The Hall–Kier alpha value is -1.84. The fourth-order valence-electron chi connectivity index (χ4n) is 1.96. The van der Waals surface area contributed by atoms with Gasteiger partial charge in [0.15, 0.2) is 0 Å². The number of hydrogen-bond acceptors (Lipinski definition) is 2. The van der Waals surface area contributed by atoms with Gasteiger partial charge in [-0.15, -0.1) is 0 Å². The van der Waals surface area contributed by atoms with E-state index in [2.05, 4.69) is 17.6 Å². The second kappa shape index (κ2) is 8.35. The number of benzene rings is 1. The summed E-state index contributed by atoms with van der Waals surface area (Å²) in [6.07, 6.45) is 3.04. The molecule has 0 fully saturated rings. The lowest BCUT2D eigenvalue weighted by molar-refractivity contribution is -0.126. The molecule has 2 N–H and O–H groups in total. The van der Waals surface area contributed by atoms with Crippen molar-refractivity contribution in [3.05, 3.63) is 29.3 Å². The number of carbonyl (C=O) groups excluding carboxylic acids is 2. The molecule has 4 nitrogen and oxygen atoms in total. The van der Waals surface area contributed by atoms with E-state index in [-0.39, 0.29) is 18.2 Å². The van der Waals surface area contributed by atoms with Crippen molar-refractivity contribution in [2.24, 2.45) is 0 Å². The highest BCUT2D eigenvalue weighted by atomic mass is 16.2. The highest BCUT2D eigenvalue weighted by Crippen LogP contribution is 2.16. The van der Waals surface area contributed by atoms with E-state index in [1.807, 2.05) is 32.0 Å². The highest BCUT2D eigenvalue weighted by molar-refractivity contribution is 6.03. The van der Waals surface area contributed by atoms with Crippen LogP contribution in [0.1, 0.15) is 43.7 Å². The second-order valence-electron chi connectivity index (χ2n) is 5.10. The third-order valence-electron chi connectivity index (χ3n) is 3.08. The second-order valence-corrected chi connectivity index (χ2v) is 5.10. The van der Waals surface area contributed by atoms with E-state index in [9.17, 15) is 9.59 Å². The molecule has 20 heavy (non-hydrogen) atoms. The summed E-state index contributed by atoms with van der Waals surface area (Å²) in [5.41, 5.74) is 2.91. The molecule has 1 rings (SSSR count). The molecule has 0 saturated heterocycles. The molecule has 0 saturated carbocycles. The summed E-state index contributed by atoms with van der Waals surface area (Å²) >= 11 is 0. The molecule has 0 aliphatic heterocycles. The van der Waals surface area contributed by atoms with Crippen LogP contribution in [0, 0.1) is 13.8 Å². The number of nitrogens with one attached hydrogen (secondary N) is 2. The van der Waals surface area contributed by atoms with Crippen LogP contribution in [0.3, 0.4) is 0 Å². The van der Waals surface area contributed by atoms with Crippen molar-refractivity contribution in [1.82, 2.24) is 5.32 Å².